The molecule has 6 N–H and O–H groups in total. The third-order valence-electron chi connectivity index (χ3n) is 5.78. The number of nitrogens with two attached hydrogens (primary N) is 2. The van der Waals surface area contributed by atoms with Crippen LogP contribution in [0.15, 0.2) is 71.6 Å². The molecule has 196 valence electrons. The molecule has 4 rings (SSSR count). The van der Waals surface area contributed by atoms with Gasteiger partial charge in [-0.05, 0) is 55.4 Å². The zero-order chi connectivity index (χ0) is 27.6. The topological polar surface area (TPSA) is 162 Å². The number of carbonyl (C=O) groups is 2. The van der Waals surface area contributed by atoms with E-state index < -0.39 is 27.7 Å². The van der Waals surface area contributed by atoms with E-state index in [1.54, 1.807) is 38.2 Å². The van der Waals surface area contributed by atoms with Crippen LogP contribution in [0, 0.1) is 12.7 Å². The first kappa shape index (κ1) is 26.7. The highest BCUT2D eigenvalue weighted by Gasteiger charge is 2.27. The smallest absolute Gasteiger partial charge is 0.275 e. The fraction of sp³-hybridized carbons (Fsp3) is 0.115. The standard InChI is InChI=1S/C26H25FN6O4S/c1-15-23(25(28)34)24(33(32-15)18-7-5-6-16(12-18)14-30-2)26(35)31-21-11-10-17(13-20(21)27)19-8-3-4-9-22(19)38(29,36)37/h3-13,30H,14H2,1-2H3,(H2,28,34)(H,31,35)(H2,29,36,37). The molecule has 38 heavy (non-hydrogen) atoms. The summed E-state index contributed by atoms with van der Waals surface area (Å²) < 4.78 is 40.3. The first-order chi connectivity index (χ1) is 18.0. The van der Waals surface area contributed by atoms with Crippen molar-refractivity contribution in [1.82, 2.24) is 15.1 Å². The Kier molecular flexibility index (Phi) is 7.39. The Labute approximate surface area is 218 Å². The predicted molar refractivity (Wildman–Crippen MR) is 141 cm³/mol. The van der Waals surface area contributed by atoms with Crippen LogP contribution in [-0.4, -0.2) is 37.1 Å². The lowest BCUT2D eigenvalue weighted by atomic mass is 10.0. The fourth-order valence-corrected chi connectivity index (χ4v) is 4.90. The van der Waals surface area contributed by atoms with Crippen molar-refractivity contribution in [2.24, 2.45) is 10.9 Å². The number of amides is 2. The lowest BCUT2D eigenvalue weighted by Crippen LogP contribution is -2.23. The molecule has 0 spiro atoms. The Morgan fingerprint density at radius 1 is 1.05 bits per heavy atom. The van der Waals surface area contributed by atoms with Crippen LogP contribution in [0.3, 0.4) is 0 Å². The van der Waals surface area contributed by atoms with Gasteiger partial charge in [-0.3, -0.25) is 9.59 Å². The van der Waals surface area contributed by atoms with Gasteiger partial charge in [0, 0.05) is 12.1 Å². The van der Waals surface area contributed by atoms with Gasteiger partial charge in [0.25, 0.3) is 11.8 Å². The molecule has 0 atom stereocenters. The predicted octanol–water partition coefficient (Wildman–Crippen LogP) is 2.70. The van der Waals surface area contributed by atoms with Crippen LogP contribution < -0.4 is 21.5 Å². The van der Waals surface area contributed by atoms with Crippen LogP contribution in [-0.2, 0) is 16.6 Å². The third-order valence-corrected chi connectivity index (χ3v) is 6.75. The molecule has 0 aliphatic rings. The van der Waals surface area contributed by atoms with Crippen molar-refractivity contribution >= 4 is 27.5 Å². The summed E-state index contributed by atoms with van der Waals surface area (Å²) in [5.41, 5.74) is 7.21. The molecular formula is C26H25FN6O4S. The average Bonchev–Trinajstić information content (AvgIpc) is 3.22. The SMILES string of the molecule is CNCc1cccc(-n2nc(C)c(C(N)=O)c2C(=O)Nc2ccc(-c3ccccc3S(N)(=O)=O)cc2F)c1. The molecule has 0 radical (unpaired) electrons. The second-order valence-corrected chi connectivity index (χ2v) is 10.0. The van der Waals surface area contributed by atoms with E-state index in [0.29, 0.717) is 12.2 Å². The number of nitrogens with one attached hydrogen (secondary N) is 2. The van der Waals surface area contributed by atoms with Gasteiger partial charge >= 0.3 is 0 Å². The zero-order valence-corrected chi connectivity index (χ0v) is 21.3. The van der Waals surface area contributed by atoms with Crippen LogP contribution in [0.4, 0.5) is 10.1 Å². The van der Waals surface area contributed by atoms with Crippen molar-refractivity contribution < 1.29 is 22.4 Å². The highest BCUT2D eigenvalue weighted by Crippen LogP contribution is 2.30. The van der Waals surface area contributed by atoms with Crippen molar-refractivity contribution in [2.45, 2.75) is 18.4 Å². The minimum absolute atomic E-state index is 0.0966. The Balaban J connectivity index is 1.74. The van der Waals surface area contributed by atoms with Gasteiger partial charge in [-0.25, -0.2) is 22.6 Å². The Hall–Kier alpha value is -4.39. The number of primary sulfonamides is 1. The molecule has 1 aromatic heterocycles. The molecule has 3 aromatic carbocycles. The van der Waals surface area contributed by atoms with Crippen LogP contribution in [0.5, 0.6) is 0 Å². The minimum Gasteiger partial charge on any atom is -0.365 e. The van der Waals surface area contributed by atoms with Crippen molar-refractivity contribution in [3.8, 4) is 16.8 Å². The molecule has 0 saturated heterocycles. The van der Waals surface area contributed by atoms with Gasteiger partial charge in [-0.15, -0.1) is 0 Å². The second-order valence-electron chi connectivity index (χ2n) is 8.48. The van der Waals surface area contributed by atoms with Gasteiger partial charge in [0.1, 0.15) is 11.5 Å². The van der Waals surface area contributed by atoms with E-state index in [9.17, 15) is 18.0 Å². The largest absolute Gasteiger partial charge is 0.365 e. The molecule has 12 heteroatoms. The van der Waals surface area contributed by atoms with Crippen molar-refractivity contribution in [1.29, 1.82) is 0 Å². The number of rotatable bonds is 8. The van der Waals surface area contributed by atoms with E-state index in [2.05, 4.69) is 15.7 Å². The summed E-state index contributed by atoms with van der Waals surface area (Å²) in [6.07, 6.45) is 0. The summed E-state index contributed by atoms with van der Waals surface area (Å²) in [6, 6.07) is 16.9. The minimum atomic E-state index is -4.06. The summed E-state index contributed by atoms with van der Waals surface area (Å²) in [5.74, 6) is -2.50. The lowest BCUT2D eigenvalue weighted by Gasteiger charge is -2.13. The van der Waals surface area contributed by atoms with Crippen LogP contribution in [0.1, 0.15) is 32.1 Å². The van der Waals surface area contributed by atoms with Gasteiger partial charge in [-0.1, -0.05) is 36.4 Å². The van der Waals surface area contributed by atoms with Crippen molar-refractivity contribution in [3.05, 3.63) is 95.1 Å². The van der Waals surface area contributed by atoms with Gasteiger partial charge in [0.2, 0.25) is 10.0 Å². The number of anilines is 1. The quantitative estimate of drug-likeness (QED) is 0.271. The molecule has 0 saturated carbocycles. The molecule has 4 aromatic rings. The monoisotopic (exact) mass is 536 g/mol. The van der Waals surface area contributed by atoms with Gasteiger partial charge in [0.15, 0.2) is 0 Å². The number of nitrogens with zero attached hydrogens (tertiary/aromatic N) is 2. The number of primary amides is 1. The van der Waals surface area contributed by atoms with Gasteiger partial charge in [0.05, 0.1) is 27.5 Å². The highest BCUT2D eigenvalue weighted by molar-refractivity contribution is 7.89. The number of halogens is 1. The number of hydrogen-bond donors (Lipinski definition) is 4. The molecule has 0 aliphatic carbocycles. The van der Waals surface area contributed by atoms with Crippen LogP contribution >= 0.6 is 0 Å². The van der Waals surface area contributed by atoms with E-state index in [1.165, 1.54) is 35.0 Å². The van der Waals surface area contributed by atoms with Gasteiger partial charge in [-0.2, -0.15) is 5.10 Å². The number of aryl methyl sites for hydroxylation is 1. The third kappa shape index (κ3) is 5.32. The summed E-state index contributed by atoms with van der Waals surface area (Å²) in [5, 5.41) is 15.1. The first-order valence-electron chi connectivity index (χ1n) is 11.4. The maximum absolute atomic E-state index is 15.1. The normalized spacial score (nSPS) is 11.4. The number of benzene rings is 3. The number of hydrogen-bond acceptors (Lipinski definition) is 6. The average molecular weight is 537 g/mol. The maximum atomic E-state index is 15.1. The Bertz CT molecular complexity index is 1670. The van der Waals surface area contributed by atoms with Crippen molar-refractivity contribution in [2.75, 3.05) is 12.4 Å². The molecule has 0 aliphatic heterocycles. The summed E-state index contributed by atoms with van der Waals surface area (Å²) in [7, 11) is -2.26. The molecule has 0 fully saturated rings. The molecule has 2 amide bonds. The van der Waals surface area contributed by atoms with E-state index in [4.69, 9.17) is 10.9 Å². The van der Waals surface area contributed by atoms with Crippen molar-refractivity contribution in [3.63, 3.8) is 0 Å². The second kappa shape index (κ2) is 10.5. The molecular weight excluding hydrogens is 511 g/mol. The molecule has 10 nitrogen and oxygen atoms in total. The Morgan fingerprint density at radius 2 is 1.79 bits per heavy atom. The molecule has 0 bridgehead atoms. The van der Waals surface area contributed by atoms with Crippen LogP contribution in [0.25, 0.3) is 16.8 Å². The first-order valence-corrected chi connectivity index (χ1v) is 12.9. The highest BCUT2D eigenvalue weighted by atomic mass is 32.2. The zero-order valence-electron chi connectivity index (χ0n) is 20.5. The van der Waals surface area contributed by atoms with E-state index in [-0.39, 0.29) is 38.7 Å². The maximum Gasteiger partial charge on any atom is 0.275 e. The van der Waals surface area contributed by atoms with Crippen LogP contribution in [0.2, 0.25) is 0 Å². The van der Waals surface area contributed by atoms with E-state index >= 15 is 4.39 Å². The lowest BCUT2D eigenvalue weighted by molar-refractivity contribution is 0.0973. The summed E-state index contributed by atoms with van der Waals surface area (Å²) >= 11 is 0. The van der Waals surface area contributed by atoms with Gasteiger partial charge < -0.3 is 16.4 Å². The number of aromatic nitrogens is 2. The molecule has 0 unspecified atom stereocenters. The summed E-state index contributed by atoms with van der Waals surface area (Å²) in [6.45, 7) is 2.10. The number of sulfonamides is 1. The van der Waals surface area contributed by atoms with E-state index in [1.807, 2.05) is 6.07 Å². The summed E-state index contributed by atoms with van der Waals surface area (Å²) in [4.78, 5) is 25.5. The Morgan fingerprint density at radius 3 is 2.45 bits per heavy atom. The number of carbonyl (C=O) groups excluding carboxylic acids is 2. The van der Waals surface area contributed by atoms with E-state index in [0.717, 1.165) is 11.6 Å². The molecule has 1 heterocycles. The fourth-order valence-electron chi connectivity index (χ4n) is 4.14.